The van der Waals surface area contributed by atoms with Crippen LogP contribution in [0.5, 0.6) is 0 Å². The molecule has 0 amide bonds. The van der Waals surface area contributed by atoms with Gasteiger partial charge in [-0.15, -0.1) is 5.10 Å². The minimum absolute atomic E-state index is 0.145. The van der Waals surface area contributed by atoms with Gasteiger partial charge in [0.1, 0.15) is 5.69 Å². The Morgan fingerprint density at radius 1 is 1.15 bits per heavy atom. The number of carbonyl (C=O) groups excluding carboxylic acids is 2. The molecule has 4 aliphatic rings. The van der Waals surface area contributed by atoms with Crippen molar-refractivity contribution in [2.45, 2.75) is 104 Å². The summed E-state index contributed by atoms with van der Waals surface area (Å²) in [5.41, 5.74) is 1.54. The molecule has 33 heavy (non-hydrogen) atoms. The van der Waals surface area contributed by atoms with Gasteiger partial charge in [0.15, 0.2) is 11.4 Å². The molecule has 0 N–H and O–H groups in total. The van der Waals surface area contributed by atoms with Gasteiger partial charge in [-0.25, -0.2) is 0 Å². The van der Waals surface area contributed by atoms with Gasteiger partial charge in [0.05, 0.1) is 6.20 Å². The van der Waals surface area contributed by atoms with Gasteiger partial charge in [-0.2, -0.15) is 0 Å². The molecule has 6 atom stereocenters. The fourth-order valence-corrected chi connectivity index (χ4v) is 8.36. The summed E-state index contributed by atoms with van der Waals surface area (Å²) in [6.07, 6.45) is 14.0. The Bertz CT molecular complexity index is 983. The first-order valence-corrected chi connectivity index (χ1v) is 13.1. The van der Waals surface area contributed by atoms with Crippen LogP contribution < -0.4 is 0 Å². The number of allylic oxidation sites excluding steroid dienone is 1. The molecule has 1 aromatic heterocycles. The van der Waals surface area contributed by atoms with E-state index in [0.717, 1.165) is 70.0 Å². The summed E-state index contributed by atoms with van der Waals surface area (Å²) in [7, 11) is 0. The van der Waals surface area contributed by atoms with Crippen molar-refractivity contribution in [2.24, 2.45) is 28.6 Å². The first-order chi connectivity index (χ1) is 15.7. The SMILES string of the molecule is CCCCn1cc(C2(OC(C)=O)CCC3C4CCC5=CC(=O)CCC5(C)C4CCC32C)nn1. The average molecular weight is 454 g/mol. The van der Waals surface area contributed by atoms with Gasteiger partial charge in [0, 0.05) is 25.3 Å². The number of rotatable bonds is 5. The molecule has 0 radical (unpaired) electrons. The molecular weight excluding hydrogens is 414 g/mol. The largest absolute Gasteiger partial charge is 0.452 e. The molecular formula is C27H39N3O3. The summed E-state index contributed by atoms with van der Waals surface area (Å²) in [6, 6.07) is 0. The number of nitrogens with zero attached hydrogens (tertiary/aromatic N) is 3. The second kappa shape index (κ2) is 8.06. The second-order valence-electron chi connectivity index (χ2n) is 11.6. The highest BCUT2D eigenvalue weighted by Gasteiger charge is 2.67. The van der Waals surface area contributed by atoms with Gasteiger partial charge in [0.25, 0.3) is 0 Å². The summed E-state index contributed by atoms with van der Waals surface area (Å²) in [5, 5.41) is 9.00. The Morgan fingerprint density at radius 2 is 1.94 bits per heavy atom. The zero-order valence-electron chi connectivity index (χ0n) is 20.7. The molecule has 0 spiro atoms. The Hall–Kier alpha value is -1.98. The van der Waals surface area contributed by atoms with Crippen molar-refractivity contribution >= 4 is 11.8 Å². The lowest BCUT2D eigenvalue weighted by Gasteiger charge is -2.59. The predicted molar refractivity (Wildman–Crippen MR) is 125 cm³/mol. The summed E-state index contributed by atoms with van der Waals surface area (Å²) >= 11 is 0. The molecule has 0 aromatic carbocycles. The van der Waals surface area contributed by atoms with E-state index in [4.69, 9.17) is 4.74 Å². The average Bonchev–Trinajstić information content (AvgIpc) is 3.36. The lowest BCUT2D eigenvalue weighted by molar-refractivity contribution is -0.186. The first kappa shape index (κ1) is 22.8. The minimum atomic E-state index is -0.696. The maximum absolute atomic E-state index is 12.4. The molecule has 1 heterocycles. The van der Waals surface area contributed by atoms with Gasteiger partial charge in [0.2, 0.25) is 0 Å². The number of ether oxygens (including phenoxy) is 1. The Balaban J connectivity index is 1.50. The van der Waals surface area contributed by atoms with Gasteiger partial charge >= 0.3 is 5.97 Å². The standard InChI is InChI=1S/C27H39N3O3/c1-5-6-15-30-17-24(28-29-30)27(33-18(2)31)14-11-23-21-8-7-19-16-20(32)9-12-25(19,3)22(21)10-13-26(23,27)4/h16-17,21-23H,5-15H2,1-4H3. The van der Waals surface area contributed by atoms with E-state index in [1.165, 1.54) is 12.5 Å². The van der Waals surface area contributed by atoms with E-state index >= 15 is 0 Å². The van der Waals surface area contributed by atoms with E-state index in [0.29, 0.717) is 30.0 Å². The van der Waals surface area contributed by atoms with Crippen LogP contribution in [0.25, 0.3) is 0 Å². The van der Waals surface area contributed by atoms with Gasteiger partial charge < -0.3 is 4.74 Å². The Morgan fingerprint density at radius 3 is 2.70 bits per heavy atom. The quantitative estimate of drug-likeness (QED) is 0.561. The number of hydrogen-bond acceptors (Lipinski definition) is 5. The van der Waals surface area contributed by atoms with E-state index in [1.54, 1.807) is 0 Å². The minimum Gasteiger partial charge on any atom is -0.452 e. The molecule has 180 valence electrons. The van der Waals surface area contributed by atoms with E-state index in [1.807, 2.05) is 17.0 Å². The number of fused-ring (bicyclic) bond motifs is 5. The lowest BCUT2D eigenvalue weighted by Crippen LogP contribution is -2.55. The Kier molecular flexibility index (Phi) is 5.56. The summed E-state index contributed by atoms with van der Waals surface area (Å²) in [6.45, 7) is 9.32. The second-order valence-corrected chi connectivity index (χ2v) is 11.6. The monoisotopic (exact) mass is 453 g/mol. The van der Waals surface area contributed by atoms with Crippen molar-refractivity contribution in [3.8, 4) is 0 Å². The lowest BCUT2D eigenvalue weighted by atomic mass is 9.46. The van der Waals surface area contributed by atoms with E-state index in [-0.39, 0.29) is 16.8 Å². The number of aryl methyl sites for hydroxylation is 1. The topological polar surface area (TPSA) is 74.1 Å². The van der Waals surface area contributed by atoms with Crippen LogP contribution in [0.1, 0.15) is 97.6 Å². The third kappa shape index (κ3) is 3.34. The molecule has 0 aliphatic heterocycles. The Labute approximate surface area is 197 Å². The number of esters is 1. The van der Waals surface area contributed by atoms with Crippen LogP contribution in [0.15, 0.2) is 17.8 Å². The first-order valence-electron chi connectivity index (χ1n) is 13.1. The van der Waals surface area contributed by atoms with Crippen LogP contribution in [-0.2, 0) is 26.5 Å². The number of carbonyl (C=O) groups is 2. The maximum atomic E-state index is 12.4. The molecule has 4 aliphatic carbocycles. The summed E-state index contributed by atoms with van der Waals surface area (Å²) in [5.74, 6) is 1.78. The highest BCUT2D eigenvalue weighted by Crippen LogP contribution is 2.70. The van der Waals surface area contributed by atoms with Gasteiger partial charge in [-0.05, 0) is 80.6 Å². The van der Waals surface area contributed by atoms with E-state index in [2.05, 4.69) is 31.1 Å². The van der Waals surface area contributed by atoms with Crippen molar-refractivity contribution in [3.05, 3.63) is 23.5 Å². The number of hydrogen-bond donors (Lipinski definition) is 0. The number of ketones is 1. The van der Waals surface area contributed by atoms with Gasteiger partial charge in [-0.3, -0.25) is 14.3 Å². The van der Waals surface area contributed by atoms with Crippen LogP contribution >= 0.6 is 0 Å². The van der Waals surface area contributed by atoms with Crippen molar-refractivity contribution in [2.75, 3.05) is 0 Å². The van der Waals surface area contributed by atoms with Crippen molar-refractivity contribution in [3.63, 3.8) is 0 Å². The van der Waals surface area contributed by atoms with Crippen molar-refractivity contribution in [1.82, 2.24) is 15.0 Å². The highest BCUT2D eigenvalue weighted by molar-refractivity contribution is 5.91. The van der Waals surface area contributed by atoms with E-state index < -0.39 is 5.60 Å². The molecule has 0 saturated heterocycles. The molecule has 3 saturated carbocycles. The fraction of sp³-hybridized carbons (Fsp3) is 0.778. The van der Waals surface area contributed by atoms with Crippen LogP contribution in [-0.4, -0.2) is 26.7 Å². The summed E-state index contributed by atoms with van der Waals surface area (Å²) in [4.78, 5) is 24.5. The number of aromatic nitrogens is 3. The molecule has 6 nitrogen and oxygen atoms in total. The molecule has 6 heteroatoms. The van der Waals surface area contributed by atoms with Crippen molar-refractivity contribution < 1.29 is 14.3 Å². The normalized spacial score (nSPS) is 39.9. The van der Waals surface area contributed by atoms with Crippen LogP contribution in [0.4, 0.5) is 0 Å². The highest BCUT2D eigenvalue weighted by atomic mass is 16.6. The molecule has 5 rings (SSSR count). The third-order valence-corrected chi connectivity index (χ3v) is 10.1. The predicted octanol–water partition coefficient (Wildman–Crippen LogP) is 5.37. The molecule has 0 bridgehead atoms. The third-order valence-electron chi connectivity index (χ3n) is 10.1. The van der Waals surface area contributed by atoms with E-state index in [9.17, 15) is 9.59 Å². The van der Waals surface area contributed by atoms with Crippen LogP contribution in [0.2, 0.25) is 0 Å². The maximum Gasteiger partial charge on any atom is 0.303 e. The molecule has 3 fully saturated rings. The molecule has 1 aromatic rings. The smallest absolute Gasteiger partial charge is 0.303 e. The zero-order valence-corrected chi connectivity index (χ0v) is 20.7. The number of unbranched alkanes of at least 4 members (excludes halogenated alkanes) is 1. The van der Waals surface area contributed by atoms with Crippen molar-refractivity contribution in [1.29, 1.82) is 0 Å². The molecule has 6 unspecified atom stereocenters. The van der Waals surface area contributed by atoms with Crippen LogP contribution in [0.3, 0.4) is 0 Å². The van der Waals surface area contributed by atoms with Crippen LogP contribution in [0, 0.1) is 28.6 Å². The summed E-state index contributed by atoms with van der Waals surface area (Å²) < 4.78 is 8.21. The zero-order chi connectivity index (χ0) is 23.4. The fourth-order valence-electron chi connectivity index (χ4n) is 8.36. The van der Waals surface area contributed by atoms with Gasteiger partial charge in [-0.1, -0.05) is 38.0 Å².